The molecule has 0 bridgehead atoms. The third-order valence-electron chi connectivity index (χ3n) is 2.64. The molecule has 0 amide bonds. The summed E-state index contributed by atoms with van der Waals surface area (Å²) in [5.41, 5.74) is 0.544. The lowest BCUT2D eigenvalue weighted by Gasteiger charge is -2.08. The quantitative estimate of drug-likeness (QED) is 0.472. The van der Waals surface area contributed by atoms with Crippen molar-refractivity contribution < 1.29 is 14.4 Å². The normalized spacial score (nSPS) is 10.1. The van der Waals surface area contributed by atoms with Crippen molar-refractivity contribution in [2.24, 2.45) is 0 Å². The van der Waals surface area contributed by atoms with Gasteiger partial charge in [-0.15, -0.1) is 11.6 Å². The van der Waals surface area contributed by atoms with E-state index in [-0.39, 0.29) is 17.3 Å². The molecule has 0 unspecified atom stereocenters. The van der Waals surface area contributed by atoms with Crippen LogP contribution in [0.5, 0.6) is 17.2 Å². The van der Waals surface area contributed by atoms with Crippen LogP contribution in [0.15, 0.2) is 42.5 Å². The molecule has 2 aromatic carbocycles. The zero-order chi connectivity index (χ0) is 14.5. The number of hydrogen-bond acceptors (Lipinski definition) is 4. The molecule has 6 heteroatoms. The maximum absolute atomic E-state index is 11.1. The lowest BCUT2D eigenvalue weighted by atomic mass is 10.2. The summed E-state index contributed by atoms with van der Waals surface area (Å²) in [6.45, 7) is 0. The van der Waals surface area contributed by atoms with Crippen molar-refractivity contribution in [1.82, 2.24) is 0 Å². The van der Waals surface area contributed by atoms with E-state index in [2.05, 4.69) is 0 Å². The van der Waals surface area contributed by atoms with Gasteiger partial charge in [0.05, 0.1) is 12.0 Å². The van der Waals surface area contributed by atoms with E-state index in [0.717, 1.165) is 0 Å². The van der Waals surface area contributed by atoms with Gasteiger partial charge in [0, 0.05) is 18.0 Å². The van der Waals surface area contributed by atoms with Crippen molar-refractivity contribution in [3.8, 4) is 17.2 Å². The van der Waals surface area contributed by atoms with Crippen LogP contribution in [0, 0.1) is 10.1 Å². The summed E-state index contributed by atoms with van der Waals surface area (Å²) in [6, 6.07) is 11.5. The number of nitro benzene ring substituents is 1. The summed E-state index contributed by atoms with van der Waals surface area (Å²) >= 11 is 5.68. The Labute approximate surface area is 120 Å². The number of ether oxygens (including phenoxy) is 2. The van der Waals surface area contributed by atoms with Crippen LogP contribution in [-0.4, -0.2) is 12.0 Å². The Morgan fingerprint density at radius 1 is 1.20 bits per heavy atom. The molecule has 0 saturated carbocycles. The highest BCUT2D eigenvalue weighted by molar-refractivity contribution is 6.17. The molecule has 0 aliphatic carbocycles. The van der Waals surface area contributed by atoms with E-state index in [1.54, 1.807) is 30.3 Å². The average molecular weight is 294 g/mol. The Morgan fingerprint density at radius 2 is 1.95 bits per heavy atom. The van der Waals surface area contributed by atoms with Crippen molar-refractivity contribution in [2.75, 3.05) is 7.11 Å². The third kappa shape index (κ3) is 3.19. The van der Waals surface area contributed by atoms with Crippen molar-refractivity contribution >= 4 is 17.3 Å². The molecular weight excluding hydrogens is 282 g/mol. The van der Waals surface area contributed by atoms with Gasteiger partial charge in [0.2, 0.25) is 5.75 Å². The zero-order valence-corrected chi connectivity index (χ0v) is 11.5. The summed E-state index contributed by atoms with van der Waals surface area (Å²) in [6.07, 6.45) is 0. The number of alkyl halides is 1. The molecule has 2 rings (SSSR count). The minimum Gasteiger partial charge on any atom is -0.497 e. The highest BCUT2D eigenvalue weighted by atomic mass is 35.5. The number of nitro groups is 1. The molecule has 0 radical (unpaired) electrons. The van der Waals surface area contributed by atoms with E-state index in [4.69, 9.17) is 21.1 Å². The molecule has 0 aliphatic heterocycles. The lowest BCUT2D eigenvalue weighted by Crippen LogP contribution is -1.95. The van der Waals surface area contributed by atoms with Crippen LogP contribution in [-0.2, 0) is 5.88 Å². The minimum atomic E-state index is -0.494. The monoisotopic (exact) mass is 293 g/mol. The van der Waals surface area contributed by atoms with Gasteiger partial charge in [-0.3, -0.25) is 10.1 Å². The fraction of sp³-hybridized carbons (Fsp3) is 0.143. The van der Waals surface area contributed by atoms with Crippen molar-refractivity contribution in [3.63, 3.8) is 0 Å². The molecule has 0 N–H and O–H groups in total. The number of halogens is 1. The standard InChI is InChI=1S/C14H12ClNO4/c1-19-11-3-2-4-12(8-11)20-14-6-5-10(9-15)7-13(14)16(17)18/h2-8H,9H2,1H3. The molecule has 5 nitrogen and oxygen atoms in total. The van der Waals surface area contributed by atoms with Crippen molar-refractivity contribution in [2.45, 2.75) is 5.88 Å². The van der Waals surface area contributed by atoms with Gasteiger partial charge in [-0.05, 0) is 23.8 Å². The van der Waals surface area contributed by atoms with Gasteiger partial charge in [0.1, 0.15) is 11.5 Å². The van der Waals surface area contributed by atoms with E-state index in [9.17, 15) is 10.1 Å². The molecule has 0 spiro atoms. The minimum absolute atomic E-state index is 0.119. The first-order chi connectivity index (χ1) is 9.63. The molecule has 0 aromatic heterocycles. The van der Waals surface area contributed by atoms with Crippen LogP contribution >= 0.6 is 11.6 Å². The number of hydrogen-bond donors (Lipinski definition) is 0. The van der Waals surface area contributed by atoms with Gasteiger partial charge < -0.3 is 9.47 Å². The fourth-order valence-corrected chi connectivity index (χ4v) is 1.83. The maximum atomic E-state index is 11.1. The lowest BCUT2D eigenvalue weighted by molar-refractivity contribution is -0.385. The second-order valence-electron chi connectivity index (χ2n) is 3.97. The molecule has 0 aliphatic rings. The number of methoxy groups -OCH3 is 1. The van der Waals surface area contributed by atoms with Gasteiger partial charge in [0.15, 0.2) is 0 Å². The largest absolute Gasteiger partial charge is 0.497 e. The van der Waals surface area contributed by atoms with Crippen molar-refractivity contribution in [3.05, 3.63) is 58.1 Å². The zero-order valence-electron chi connectivity index (χ0n) is 10.7. The van der Waals surface area contributed by atoms with Gasteiger partial charge in [-0.25, -0.2) is 0 Å². The van der Waals surface area contributed by atoms with Crippen LogP contribution < -0.4 is 9.47 Å². The summed E-state index contributed by atoms with van der Waals surface area (Å²) in [7, 11) is 1.54. The molecular formula is C14H12ClNO4. The Kier molecular flexibility index (Phi) is 4.42. The first kappa shape index (κ1) is 14.1. The topological polar surface area (TPSA) is 61.6 Å². The number of nitrogens with zero attached hydrogens (tertiary/aromatic N) is 1. The molecule has 20 heavy (non-hydrogen) atoms. The summed E-state index contributed by atoms with van der Waals surface area (Å²) in [5, 5.41) is 11.1. The average Bonchev–Trinajstić information content (AvgIpc) is 2.47. The van der Waals surface area contributed by atoms with Crippen LogP contribution in [0.2, 0.25) is 0 Å². The van der Waals surface area contributed by atoms with Crippen LogP contribution in [0.3, 0.4) is 0 Å². The van der Waals surface area contributed by atoms with E-state index in [1.807, 2.05) is 0 Å². The fourth-order valence-electron chi connectivity index (χ4n) is 1.67. The molecule has 0 atom stereocenters. The smallest absolute Gasteiger partial charge is 0.311 e. The van der Waals surface area contributed by atoms with Crippen LogP contribution in [0.4, 0.5) is 5.69 Å². The predicted molar refractivity (Wildman–Crippen MR) is 75.7 cm³/mol. The van der Waals surface area contributed by atoms with E-state index >= 15 is 0 Å². The number of rotatable bonds is 5. The Bertz CT molecular complexity index is 630. The highest BCUT2D eigenvalue weighted by Crippen LogP contribution is 2.33. The SMILES string of the molecule is COc1cccc(Oc2ccc(CCl)cc2[N+](=O)[O-])c1. The van der Waals surface area contributed by atoms with Gasteiger partial charge in [-0.1, -0.05) is 12.1 Å². The molecule has 0 fully saturated rings. The van der Waals surface area contributed by atoms with Crippen molar-refractivity contribution in [1.29, 1.82) is 0 Å². The Hall–Kier alpha value is -2.27. The van der Waals surface area contributed by atoms with E-state index in [1.165, 1.54) is 19.2 Å². The van der Waals surface area contributed by atoms with Crippen LogP contribution in [0.25, 0.3) is 0 Å². The molecule has 0 heterocycles. The Morgan fingerprint density at radius 3 is 2.60 bits per heavy atom. The third-order valence-corrected chi connectivity index (χ3v) is 2.95. The van der Waals surface area contributed by atoms with Gasteiger partial charge in [-0.2, -0.15) is 0 Å². The van der Waals surface area contributed by atoms with E-state index in [0.29, 0.717) is 17.1 Å². The molecule has 0 saturated heterocycles. The summed E-state index contributed by atoms with van der Waals surface area (Å²) < 4.78 is 10.6. The highest BCUT2D eigenvalue weighted by Gasteiger charge is 2.16. The van der Waals surface area contributed by atoms with Gasteiger partial charge >= 0.3 is 5.69 Å². The predicted octanol–water partition coefficient (Wildman–Crippen LogP) is 4.13. The second-order valence-corrected chi connectivity index (χ2v) is 4.24. The molecule has 104 valence electrons. The second kappa shape index (κ2) is 6.25. The number of benzene rings is 2. The molecule has 2 aromatic rings. The van der Waals surface area contributed by atoms with E-state index < -0.39 is 4.92 Å². The van der Waals surface area contributed by atoms with Crippen LogP contribution in [0.1, 0.15) is 5.56 Å². The summed E-state index contributed by atoms with van der Waals surface area (Å²) in [5.74, 6) is 1.45. The summed E-state index contributed by atoms with van der Waals surface area (Å²) in [4.78, 5) is 10.6. The van der Waals surface area contributed by atoms with Gasteiger partial charge in [0.25, 0.3) is 0 Å². The maximum Gasteiger partial charge on any atom is 0.311 e. The Balaban J connectivity index is 2.34. The first-order valence-electron chi connectivity index (χ1n) is 5.79. The first-order valence-corrected chi connectivity index (χ1v) is 6.32.